The topological polar surface area (TPSA) is 135 Å². The molecule has 5 atom stereocenters. The number of nitrogen functional groups attached to an aromatic ring is 1. The summed E-state index contributed by atoms with van der Waals surface area (Å²) in [4.78, 5) is 23.2. The van der Waals surface area contributed by atoms with Gasteiger partial charge in [-0.2, -0.15) is 0 Å². The van der Waals surface area contributed by atoms with Crippen molar-refractivity contribution < 1.29 is 23.2 Å². The lowest BCUT2D eigenvalue weighted by atomic mass is 10.1. The highest BCUT2D eigenvalue weighted by Gasteiger charge is 2.50. The standard InChI is InChI=1S/C20H26N5O5PS2/c1-3-10-32-33-17-16(30-31(26,27)29-13-8-6-5-7-9-13)14(4-2)28-20(17)25-12-24-15-18(21)22-11-23-19(15)25/h5-9,11-12,14,16-17,20H,3-4,10H2,1-2H3,(H,26,27)(H2,21,22,23)/t14-,16+,17?,20-/m1/s1. The molecule has 2 aromatic heterocycles. The number of aromatic nitrogens is 4. The lowest BCUT2D eigenvalue weighted by molar-refractivity contribution is -0.0174. The molecule has 0 aliphatic carbocycles. The molecule has 0 bridgehead atoms. The monoisotopic (exact) mass is 511 g/mol. The number of nitrogens with zero attached hydrogens (tertiary/aromatic N) is 4. The number of phosphoric acid groups is 1. The first-order chi connectivity index (χ1) is 15.9. The normalized spacial score (nSPS) is 24.7. The minimum Gasteiger partial charge on any atom is -0.404 e. The van der Waals surface area contributed by atoms with E-state index in [1.165, 1.54) is 6.33 Å². The van der Waals surface area contributed by atoms with Crippen LogP contribution in [0.3, 0.4) is 0 Å². The van der Waals surface area contributed by atoms with E-state index in [1.54, 1.807) is 62.8 Å². The van der Waals surface area contributed by atoms with Crippen molar-refractivity contribution in [2.45, 2.75) is 50.4 Å². The zero-order chi connectivity index (χ0) is 23.4. The van der Waals surface area contributed by atoms with Gasteiger partial charge in [0.1, 0.15) is 23.7 Å². The minimum absolute atomic E-state index is 0.254. The van der Waals surface area contributed by atoms with E-state index in [4.69, 9.17) is 19.5 Å². The first-order valence-electron chi connectivity index (χ1n) is 10.6. The number of phosphoric ester groups is 1. The molecule has 1 aliphatic heterocycles. The maximum absolute atomic E-state index is 12.9. The molecule has 4 rings (SSSR count). The van der Waals surface area contributed by atoms with Gasteiger partial charge in [-0.1, -0.05) is 53.6 Å². The second-order valence-corrected chi connectivity index (χ2v) is 11.4. The number of para-hydroxylation sites is 1. The maximum Gasteiger partial charge on any atom is 0.527 e. The highest BCUT2D eigenvalue weighted by molar-refractivity contribution is 8.77. The van der Waals surface area contributed by atoms with Gasteiger partial charge < -0.3 is 15.0 Å². The summed E-state index contributed by atoms with van der Waals surface area (Å²) in [5.41, 5.74) is 6.96. The summed E-state index contributed by atoms with van der Waals surface area (Å²) >= 11 is 0. The summed E-state index contributed by atoms with van der Waals surface area (Å²) in [5.74, 6) is 1.44. The summed E-state index contributed by atoms with van der Waals surface area (Å²) in [6.07, 6.45) is 2.87. The number of rotatable bonds is 10. The molecule has 2 unspecified atom stereocenters. The van der Waals surface area contributed by atoms with Crippen LogP contribution in [-0.4, -0.2) is 47.6 Å². The Morgan fingerprint density at radius 3 is 2.76 bits per heavy atom. The van der Waals surface area contributed by atoms with Crippen LogP contribution in [0.5, 0.6) is 5.75 Å². The molecule has 3 heterocycles. The number of hydrogen-bond donors (Lipinski definition) is 2. The van der Waals surface area contributed by atoms with Gasteiger partial charge in [0.15, 0.2) is 17.7 Å². The van der Waals surface area contributed by atoms with Gasteiger partial charge in [-0.3, -0.25) is 14.0 Å². The van der Waals surface area contributed by atoms with Crippen molar-refractivity contribution >= 4 is 46.4 Å². The molecule has 1 fully saturated rings. The molecule has 10 nitrogen and oxygen atoms in total. The van der Waals surface area contributed by atoms with Crippen LogP contribution in [0.15, 0.2) is 43.0 Å². The SMILES string of the molecule is CCCSSC1[C@@H](OP(=O)(O)Oc2ccccc2)[C@@H](CC)O[C@H]1n1cnc2c(N)ncnc21. The zero-order valence-corrected chi connectivity index (χ0v) is 20.7. The van der Waals surface area contributed by atoms with Crippen molar-refractivity contribution in [3.63, 3.8) is 0 Å². The molecule has 0 saturated carbocycles. The average Bonchev–Trinajstić information content (AvgIpc) is 3.36. The van der Waals surface area contributed by atoms with Crippen LogP contribution >= 0.6 is 29.4 Å². The van der Waals surface area contributed by atoms with Gasteiger partial charge in [0.2, 0.25) is 0 Å². The molecule has 3 N–H and O–H groups in total. The summed E-state index contributed by atoms with van der Waals surface area (Å²) in [6, 6.07) is 8.43. The third kappa shape index (κ3) is 5.47. The number of imidazole rings is 1. The van der Waals surface area contributed by atoms with E-state index in [-0.39, 0.29) is 16.8 Å². The first kappa shape index (κ1) is 24.3. The molecule has 178 valence electrons. The van der Waals surface area contributed by atoms with E-state index in [0.29, 0.717) is 17.6 Å². The molecule has 0 spiro atoms. The highest BCUT2D eigenvalue weighted by Crippen LogP contribution is 2.53. The third-order valence-electron chi connectivity index (χ3n) is 5.03. The van der Waals surface area contributed by atoms with Crippen LogP contribution in [0.2, 0.25) is 0 Å². The fourth-order valence-corrected chi connectivity index (χ4v) is 7.56. The second kappa shape index (κ2) is 10.6. The van der Waals surface area contributed by atoms with Crippen molar-refractivity contribution in [2.24, 2.45) is 0 Å². The van der Waals surface area contributed by atoms with E-state index in [0.717, 1.165) is 12.2 Å². The van der Waals surface area contributed by atoms with Gasteiger partial charge in [-0.05, 0) is 25.0 Å². The lowest BCUT2D eigenvalue weighted by Gasteiger charge is -2.25. The van der Waals surface area contributed by atoms with Crippen LogP contribution in [0.25, 0.3) is 11.2 Å². The Kier molecular flexibility index (Phi) is 7.83. The third-order valence-corrected chi connectivity index (χ3v) is 9.00. The fraction of sp³-hybridized carbons (Fsp3) is 0.450. The van der Waals surface area contributed by atoms with Gasteiger partial charge >= 0.3 is 7.82 Å². The molecule has 1 aromatic carbocycles. The van der Waals surface area contributed by atoms with Crippen molar-refractivity contribution in [1.29, 1.82) is 0 Å². The quantitative estimate of drug-likeness (QED) is 0.227. The summed E-state index contributed by atoms with van der Waals surface area (Å²) in [5, 5.41) is -0.333. The highest BCUT2D eigenvalue weighted by atomic mass is 33.1. The van der Waals surface area contributed by atoms with Crippen LogP contribution in [0.4, 0.5) is 5.82 Å². The van der Waals surface area contributed by atoms with Crippen molar-refractivity contribution in [3.05, 3.63) is 43.0 Å². The number of benzene rings is 1. The van der Waals surface area contributed by atoms with Gasteiger partial charge in [0, 0.05) is 5.75 Å². The number of hydrogen-bond acceptors (Lipinski definition) is 10. The molecular formula is C20H26N5O5PS2. The van der Waals surface area contributed by atoms with E-state index < -0.39 is 26.3 Å². The molecule has 0 radical (unpaired) electrons. The van der Waals surface area contributed by atoms with Crippen molar-refractivity contribution in [1.82, 2.24) is 19.5 Å². The summed E-state index contributed by atoms with van der Waals surface area (Å²) < 4.78 is 32.1. The Hall–Kier alpha value is -1.82. The van der Waals surface area contributed by atoms with Gasteiger partial charge in [0.25, 0.3) is 0 Å². The van der Waals surface area contributed by atoms with Crippen LogP contribution in [0, 0.1) is 0 Å². The number of ether oxygens (including phenoxy) is 1. The first-order valence-corrected chi connectivity index (χ1v) is 14.4. The Morgan fingerprint density at radius 1 is 1.24 bits per heavy atom. The van der Waals surface area contributed by atoms with Crippen molar-refractivity contribution in [2.75, 3.05) is 11.5 Å². The zero-order valence-electron chi connectivity index (χ0n) is 18.2. The van der Waals surface area contributed by atoms with Crippen molar-refractivity contribution in [3.8, 4) is 5.75 Å². The number of fused-ring (bicyclic) bond motifs is 1. The fourth-order valence-electron chi connectivity index (χ4n) is 3.55. The Morgan fingerprint density at radius 2 is 2.03 bits per heavy atom. The van der Waals surface area contributed by atoms with Crippen LogP contribution < -0.4 is 10.3 Å². The lowest BCUT2D eigenvalue weighted by Crippen LogP contribution is -2.31. The molecule has 0 amide bonds. The van der Waals surface area contributed by atoms with Gasteiger partial charge in [-0.15, -0.1) is 0 Å². The van der Waals surface area contributed by atoms with E-state index in [1.807, 2.05) is 6.92 Å². The van der Waals surface area contributed by atoms with Crippen LogP contribution in [0.1, 0.15) is 32.9 Å². The molecular weight excluding hydrogens is 485 g/mol. The molecule has 1 saturated heterocycles. The van der Waals surface area contributed by atoms with Crippen LogP contribution in [-0.2, 0) is 13.8 Å². The van der Waals surface area contributed by atoms with E-state index in [2.05, 4.69) is 21.9 Å². The Labute approximate surface area is 199 Å². The molecule has 1 aliphatic rings. The summed E-state index contributed by atoms with van der Waals surface area (Å²) in [6.45, 7) is 4.04. The minimum atomic E-state index is -4.42. The van der Waals surface area contributed by atoms with Gasteiger partial charge in [-0.25, -0.2) is 19.5 Å². The molecule has 3 aromatic rings. The number of anilines is 1. The maximum atomic E-state index is 12.9. The predicted molar refractivity (Wildman–Crippen MR) is 130 cm³/mol. The Bertz CT molecular complexity index is 1120. The largest absolute Gasteiger partial charge is 0.527 e. The van der Waals surface area contributed by atoms with E-state index >= 15 is 0 Å². The average molecular weight is 512 g/mol. The van der Waals surface area contributed by atoms with Gasteiger partial charge in [0.05, 0.1) is 17.7 Å². The Balaban J connectivity index is 1.64. The second-order valence-electron chi connectivity index (χ2n) is 7.38. The van der Waals surface area contributed by atoms with E-state index in [9.17, 15) is 9.46 Å². The molecule has 13 heteroatoms. The summed E-state index contributed by atoms with van der Waals surface area (Å²) in [7, 11) is -1.21. The smallest absolute Gasteiger partial charge is 0.404 e. The molecule has 33 heavy (non-hydrogen) atoms. The number of nitrogens with two attached hydrogens (primary N) is 1. The predicted octanol–water partition coefficient (Wildman–Crippen LogP) is 4.44.